The molecule has 0 amide bonds. The maximum Gasteiger partial charge on any atom is 0.121 e. The van der Waals surface area contributed by atoms with Gasteiger partial charge in [0.15, 0.2) is 0 Å². The van der Waals surface area contributed by atoms with Crippen LogP contribution in [-0.4, -0.2) is 35.0 Å². The summed E-state index contributed by atoms with van der Waals surface area (Å²) < 4.78 is 0. The number of aromatic amines is 1. The Morgan fingerprint density at radius 2 is 2.62 bits per heavy atom. The number of alkyl halides is 1. The molecule has 1 fully saturated rings. The van der Waals surface area contributed by atoms with Crippen molar-refractivity contribution in [3.05, 3.63) is 17.7 Å². The summed E-state index contributed by atoms with van der Waals surface area (Å²) >= 11 is 5.67. The lowest BCUT2D eigenvalue weighted by molar-refractivity contribution is 0.411. The molecule has 1 atom stereocenters. The number of hydrogen-bond donors (Lipinski definition) is 1. The largest absolute Gasteiger partial charge is 0.345 e. The van der Waals surface area contributed by atoms with E-state index < -0.39 is 0 Å². The topological polar surface area (TPSA) is 31.9 Å². The van der Waals surface area contributed by atoms with Gasteiger partial charge in [-0.25, -0.2) is 4.98 Å². The van der Waals surface area contributed by atoms with Crippen LogP contribution < -0.4 is 0 Å². The van der Waals surface area contributed by atoms with Gasteiger partial charge in [0.1, 0.15) is 5.82 Å². The zero-order valence-electron chi connectivity index (χ0n) is 7.76. The Kier molecular flexibility index (Phi) is 2.56. The molecule has 72 valence electrons. The van der Waals surface area contributed by atoms with E-state index in [2.05, 4.69) is 21.9 Å². The van der Waals surface area contributed by atoms with Gasteiger partial charge in [-0.05, 0) is 20.0 Å². The molecule has 1 saturated heterocycles. The van der Waals surface area contributed by atoms with Crippen LogP contribution in [0.2, 0.25) is 0 Å². The Morgan fingerprint density at radius 1 is 1.77 bits per heavy atom. The van der Waals surface area contributed by atoms with Crippen LogP contribution in [0.15, 0.2) is 6.20 Å². The lowest BCUT2D eigenvalue weighted by Crippen LogP contribution is -2.13. The summed E-state index contributed by atoms with van der Waals surface area (Å²) in [5.41, 5.74) is 1.24. The van der Waals surface area contributed by atoms with Gasteiger partial charge in [-0.3, -0.25) is 0 Å². The van der Waals surface area contributed by atoms with Crippen molar-refractivity contribution in [1.29, 1.82) is 0 Å². The van der Waals surface area contributed by atoms with E-state index in [4.69, 9.17) is 11.6 Å². The summed E-state index contributed by atoms with van der Waals surface area (Å²) in [5, 5.41) is 0. The SMILES string of the molecule is CN1CCC(c2cnc(CCl)[nH]2)C1. The fourth-order valence-electron chi connectivity index (χ4n) is 1.84. The first kappa shape index (κ1) is 9.03. The van der Waals surface area contributed by atoms with Gasteiger partial charge in [0.25, 0.3) is 0 Å². The van der Waals surface area contributed by atoms with Crippen molar-refractivity contribution >= 4 is 11.6 Å². The minimum absolute atomic E-state index is 0.475. The van der Waals surface area contributed by atoms with Gasteiger partial charge in [0.05, 0.1) is 5.88 Å². The summed E-state index contributed by atoms with van der Waals surface area (Å²) in [5.74, 6) is 1.98. The number of nitrogens with zero attached hydrogens (tertiary/aromatic N) is 2. The Bertz CT molecular complexity index is 284. The molecule has 0 spiro atoms. The highest BCUT2D eigenvalue weighted by molar-refractivity contribution is 6.16. The molecule has 0 bridgehead atoms. The molecular formula is C9H14ClN3. The zero-order valence-corrected chi connectivity index (χ0v) is 8.51. The number of hydrogen-bond acceptors (Lipinski definition) is 2. The second kappa shape index (κ2) is 3.68. The molecule has 3 nitrogen and oxygen atoms in total. The number of nitrogens with one attached hydrogen (secondary N) is 1. The molecule has 0 saturated carbocycles. The summed E-state index contributed by atoms with van der Waals surface area (Å²) in [6.45, 7) is 2.31. The van der Waals surface area contributed by atoms with Gasteiger partial charge >= 0.3 is 0 Å². The molecule has 1 unspecified atom stereocenters. The van der Waals surface area contributed by atoms with Gasteiger partial charge in [0.2, 0.25) is 0 Å². The van der Waals surface area contributed by atoms with E-state index in [1.54, 1.807) is 0 Å². The number of rotatable bonds is 2. The molecule has 1 aromatic heterocycles. The maximum atomic E-state index is 5.67. The smallest absolute Gasteiger partial charge is 0.121 e. The van der Waals surface area contributed by atoms with Crippen LogP contribution in [0.3, 0.4) is 0 Å². The highest BCUT2D eigenvalue weighted by atomic mass is 35.5. The number of likely N-dealkylation sites (N-methyl/N-ethyl adjacent to an activating group) is 1. The van der Waals surface area contributed by atoms with Crippen molar-refractivity contribution < 1.29 is 0 Å². The van der Waals surface area contributed by atoms with Gasteiger partial charge in [-0.15, -0.1) is 11.6 Å². The summed E-state index contributed by atoms with van der Waals surface area (Å²) in [7, 11) is 2.15. The van der Waals surface area contributed by atoms with Crippen molar-refractivity contribution in [2.24, 2.45) is 0 Å². The first-order chi connectivity index (χ1) is 6.29. The first-order valence-electron chi connectivity index (χ1n) is 4.58. The fraction of sp³-hybridized carbons (Fsp3) is 0.667. The summed E-state index contributed by atoms with van der Waals surface area (Å²) in [6.07, 6.45) is 3.14. The van der Waals surface area contributed by atoms with E-state index in [0.29, 0.717) is 11.8 Å². The summed E-state index contributed by atoms with van der Waals surface area (Å²) in [6, 6.07) is 0. The number of likely N-dealkylation sites (tertiary alicyclic amines) is 1. The molecule has 2 heterocycles. The third-order valence-electron chi connectivity index (χ3n) is 2.61. The van der Waals surface area contributed by atoms with E-state index in [1.165, 1.54) is 18.7 Å². The molecule has 2 rings (SSSR count). The second-order valence-corrected chi connectivity index (χ2v) is 3.93. The predicted octanol–water partition coefficient (Wildman–Crippen LogP) is 1.57. The first-order valence-corrected chi connectivity index (χ1v) is 5.11. The number of halogens is 1. The lowest BCUT2D eigenvalue weighted by atomic mass is 10.1. The van der Waals surface area contributed by atoms with E-state index in [0.717, 1.165) is 12.4 Å². The standard InChI is InChI=1S/C9H14ClN3/c1-13-3-2-7(6-13)8-5-11-9(4-10)12-8/h5,7H,2-4,6H2,1H3,(H,11,12). The molecular weight excluding hydrogens is 186 g/mol. The molecule has 1 N–H and O–H groups in total. The third-order valence-corrected chi connectivity index (χ3v) is 2.86. The van der Waals surface area contributed by atoms with Crippen LogP contribution in [0.1, 0.15) is 23.9 Å². The lowest BCUT2D eigenvalue weighted by Gasteiger charge is -2.07. The van der Waals surface area contributed by atoms with E-state index in [9.17, 15) is 0 Å². The third kappa shape index (κ3) is 1.86. The van der Waals surface area contributed by atoms with Crippen LogP contribution in [0, 0.1) is 0 Å². The van der Waals surface area contributed by atoms with Crippen LogP contribution in [0.5, 0.6) is 0 Å². The monoisotopic (exact) mass is 199 g/mol. The average molecular weight is 200 g/mol. The van der Waals surface area contributed by atoms with Crippen LogP contribution >= 0.6 is 11.6 Å². The molecule has 0 aromatic carbocycles. The van der Waals surface area contributed by atoms with Gasteiger partial charge in [0, 0.05) is 24.4 Å². The Balaban J connectivity index is 2.08. The Hall–Kier alpha value is -0.540. The predicted molar refractivity (Wildman–Crippen MR) is 53.0 cm³/mol. The molecule has 1 aliphatic rings. The van der Waals surface area contributed by atoms with Gasteiger partial charge in [-0.2, -0.15) is 0 Å². The molecule has 0 radical (unpaired) electrons. The highest BCUT2D eigenvalue weighted by Crippen LogP contribution is 2.24. The maximum absolute atomic E-state index is 5.67. The second-order valence-electron chi connectivity index (χ2n) is 3.67. The Labute approximate surface area is 83.1 Å². The zero-order chi connectivity index (χ0) is 9.26. The molecule has 1 aliphatic heterocycles. The Morgan fingerprint density at radius 3 is 3.15 bits per heavy atom. The number of H-pyrrole nitrogens is 1. The fourth-order valence-corrected chi connectivity index (χ4v) is 1.98. The van der Waals surface area contributed by atoms with Crippen molar-refractivity contribution in [2.75, 3.05) is 20.1 Å². The summed E-state index contributed by atoms with van der Waals surface area (Å²) in [4.78, 5) is 9.79. The number of aromatic nitrogens is 2. The molecule has 4 heteroatoms. The average Bonchev–Trinajstić information content (AvgIpc) is 2.71. The van der Waals surface area contributed by atoms with Crippen molar-refractivity contribution in [3.63, 3.8) is 0 Å². The van der Waals surface area contributed by atoms with Gasteiger partial charge in [-0.1, -0.05) is 0 Å². The quantitative estimate of drug-likeness (QED) is 0.734. The van der Waals surface area contributed by atoms with Crippen LogP contribution in [-0.2, 0) is 5.88 Å². The molecule has 1 aromatic rings. The highest BCUT2D eigenvalue weighted by Gasteiger charge is 2.22. The minimum Gasteiger partial charge on any atom is -0.345 e. The van der Waals surface area contributed by atoms with E-state index in [-0.39, 0.29) is 0 Å². The van der Waals surface area contributed by atoms with Crippen molar-refractivity contribution in [3.8, 4) is 0 Å². The molecule has 0 aliphatic carbocycles. The van der Waals surface area contributed by atoms with Gasteiger partial charge < -0.3 is 9.88 Å². The van der Waals surface area contributed by atoms with E-state index in [1.807, 2.05) is 6.20 Å². The van der Waals surface area contributed by atoms with Crippen molar-refractivity contribution in [1.82, 2.24) is 14.9 Å². The minimum atomic E-state index is 0.475. The van der Waals surface area contributed by atoms with Crippen LogP contribution in [0.25, 0.3) is 0 Å². The normalized spacial score (nSPS) is 24.0. The van der Waals surface area contributed by atoms with E-state index >= 15 is 0 Å². The van der Waals surface area contributed by atoms with Crippen molar-refractivity contribution in [2.45, 2.75) is 18.2 Å². The number of imidazole rings is 1. The van der Waals surface area contributed by atoms with Crippen LogP contribution in [0.4, 0.5) is 0 Å². The molecule has 13 heavy (non-hydrogen) atoms.